The summed E-state index contributed by atoms with van der Waals surface area (Å²) in [5.74, 6) is 0. The summed E-state index contributed by atoms with van der Waals surface area (Å²) in [6, 6.07) is 0. The maximum absolute atomic E-state index is 11.0. The Labute approximate surface area is 81.1 Å². The fourth-order valence-corrected chi connectivity index (χ4v) is 2.53. The summed E-state index contributed by atoms with van der Waals surface area (Å²) in [6.45, 7) is 1.85. The molecule has 0 saturated carbocycles. The predicted octanol–water partition coefficient (Wildman–Crippen LogP) is 1.32. The summed E-state index contributed by atoms with van der Waals surface area (Å²) in [4.78, 5) is 4.37. The van der Waals surface area contributed by atoms with Gasteiger partial charge in [0.2, 0.25) is 14.2 Å². The zero-order valence-electron chi connectivity index (χ0n) is 7.36. The Kier molecular flexibility index (Phi) is 2.82. The topological polar surface area (TPSA) is 70.9 Å². The van der Waals surface area contributed by atoms with E-state index < -0.39 is 9.84 Å². The van der Waals surface area contributed by atoms with E-state index in [1.54, 1.807) is 0 Å². The third-order valence-corrected chi connectivity index (χ3v) is 4.20. The lowest BCUT2D eigenvalue weighted by Gasteiger charge is -1.91. The SMILES string of the molecule is CCC(=N)c1cnc(S(C)(=O)=O)s1. The molecule has 1 aromatic rings. The molecule has 0 atom stereocenters. The Morgan fingerprint density at radius 3 is 2.69 bits per heavy atom. The molecule has 0 aliphatic heterocycles. The van der Waals surface area contributed by atoms with E-state index in [9.17, 15) is 8.42 Å². The summed E-state index contributed by atoms with van der Waals surface area (Å²) in [7, 11) is -3.21. The Balaban J connectivity index is 3.07. The average molecular weight is 218 g/mol. The second kappa shape index (κ2) is 3.55. The minimum Gasteiger partial charge on any atom is -0.304 e. The number of nitrogens with zero attached hydrogens (tertiary/aromatic N) is 1. The van der Waals surface area contributed by atoms with Crippen molar-refractivity contribution in [3.05, 3.63) is 11.1 Å². The van der Waals surface area contributed by atoms with Gasteiger partial charge in [0.15, 0.2) is 0 Å². The molecule has 0 amide bonds. The average Bonchev–Trinajstić information content (AvgIpc) is 2.50. The summed E-state index contributed by atoms with van der Waals surface area (Å²) in [6.07, 6.45) is 3.14. The van der Waals surface area contributed by atoms with E-state index in [4.69, 9.17) is 5.41 Å². The van der Waals surface area contributed by atoms with Crippen LogP contribution >= 0.6 is 11.3 Å². The molecule has 1 aromatic heterocycles. The van der Waals surface area contributed by atoms with Gasteiger partial charge in [0.05, 0.1) is 4.88 Å². The van der Waals surface area contributed by atoms with E-state index in [2.05, 4.69) is 4.98 Å². The van der Waals surface area contributed by atoms with Crippen molar-refractivity contribution in [1.29, 1.82) is 5.41 Å². The molecular weight excluding hydrogens is 208 g/mol. The molecule has 0 aliphatic carbocycles. The molecule has 13 heavy (non-hydrogen) atoms. The Bertz CT molecular complexity index is 419. The van der Waals surface area contributed by atoms with Crippen LogP contribution in [-0.4, -0.2) is 25.4 Å². The van der Waals surface area contributed by atoms with E-state index >= 15 is 0 Å². The van der Waals surface area contributed by atoms with Crippen LogP contribution in [-0.2, 0) is 9.84 Å². The number of aromatic nitrogens is 1. The van der Waals surface area contributed by atoms with Crippen molar-refractivity contribution in [2.45, 2.75) is 17.7 Å². The molecule has 0 fully saturated rings. The molecule has 72 valence electrons. The van der Waals surface area contributed by atoms with Gasteiger partial charge in [0.1, 0.15) is 0 Å². The van der Waals surface area contributed by atoms with Crippen LogP contribution in [0.1, 0.15) is 18.2 Å². The quantitative estimate of drug-likeness (QED) is 0.778. The van der Waals surface area contributed by atoms with Gasteiger partial charge in [-0.3, -0.25) is 0 Å². The number of hydrogen-bond donors (Lipinski definition) is 1. The molecule has 0 saturated heterocycles. The van der Waals surface area contributed by atoms with E-state index in [-0.39, 0.29) is 4.34 Å². The molecule has 1 N–H and O–H groups in total. The summed E-state index contributed by atoms with van der Waals surface area (Å²) in [5.41, 5.74) is 0.424. The first-order valence-electron chi connectivity index (χ1n) is 3.69. The monoisotopic (exact) mass is 218 g/mol. The fraction of sp³-hybridized carbons (Fsp3) is 0.429. The minimum atomic E-state index is -3.21. The van der Waals surface area contributed by atoms with Gasteiger partial charge in [-0.15, -0.1) is 11.3 Å². The van der Waals surface area contributed by atoms with Gasteiger partial charge < -0.3 is 5.41 Å². The van der Waals surface area contributed by atoms with Crippen molar-refractivity contribution in [2.24, 2.45) is 0 Å². The highest BCUT2D eigenvalue weighted by molar-refractivity contribution is 7.92. The lowest BCUT2D eigenvalue weighted by atomic mass is 10.3. The highest BCUT2D eigenvalue weighted by Crippen LogP contribution is 2.18. The van der Waals surface area contributed by atoms with Gasteiger partial charge in [-0.05, 0) is 6.42 Å². The van der Waals surface area contributed by atoms with E-state index in [1.165, 1.54) is 6.20 Å². The van der Waals surface area contributed by atoms with Crippen molar-refractivity contribution in [2.75, 3.05) is 6.26 Å². The number of nitrogens with one attached hydrogen (secondary N) is 1. The van der Waals surface area contributed by atoms with Crippen LogP contribution in [0.25, 0.3) is 0 Å². The van der Waals surface area contributed by atoms with Crippen molar-refractivity contribution in [3.8, 4) is 0 Å². The smallest absolute Gasteiger partial charge is 0.209 e. The van der Waals surface area contributed by atoms with Gasteiger partial charge in [-0.25, -0.2) is 13.4 Å². The van der Waals surface area contributed by atoms with Crippen molar-refractivity contribution >= 4 is 26.9 Å². The van der Waals surface area contributed by atoms with E-state index in [0.29, 0.717) is 17.0 Å². The van der Waals surface area contributed by atoms with Gasteiger partial charge in [-0.1, -0.05) is 6.92 Å². The van der Waals surface area contributed by atoms with Gasteiger partial charge in [0.25, 0.3) is 0 Å². The molecule has 4 nitrogen and oxygen atoms in total. The molecule has 0 bridgehead atoms. The summed E-state index contributed by atoms with van der Waals surface area (Å²) < 4.78 is 22.2. The minimum absolute atomic E-state index is 0.0840. The number of rotatable bonds is 3. The van der Waals surface area contributed by atoms with Crippen LogP contribution in [0.2, 0.25) is 0 Å². The largest absolute Gasteiger partial charge is 0.304 e. The molecule has 0 unspecified atom stereocenters. The second-order valence-corrected chi connectivity index (χ2v) is 5.81. The zero-order valence-corrected chi connectivity index (χ0v) is 9.00. The molecule has 0 aliphatic rings. The van der Waals surface area contributed by atoms with Crippen molar-refractivity contribution in [3.63, 3.8) is 0 Å². The van der Waals surface area contributed by atoms with Crippen molar-refractivity contribution < 1.29 is 8.42 Å². The molecule has 1 rings (SSSR count). The Morgan fingerprint density at radius 2 is 2.31 bits per heavy atom. The molecule has 0 spiro atoms. The maximum atomic E-state index is 11.0. The van der Waals surface area contributed by atoms with Crippen LogP contribution in [0.4, 0.5) is 0 Å². The normalized spacial score (nSPS) is 11.5. The molecule has 1 heterocycles. The molecule has 0 aromatic carbocycles. The standard InChI is InChI=1S/C7H10N2O2S2/c1-3-5(8)6-4-9-7(12-6)13(2,10)11/h4,8H,3H2,1-2H3. The summed E-state index contributed by atoms with van der Waals surface area (Å²) in [5, 5.41) is 7.47. The number of thiazole rings is 1. The van der Waals surface area contributed by atoms with Crippen molar-refractivity contribution in [1.82, 2.24) is 4.98 Å². The first-order valence-corrected chi connectivity index (χ1v) is 6.39. The lowest BCUT2D eigenvalue weighted by molar-refractivity contribution is 0.601. The molecule has 6 heteroatoms. The molecular formula is C7H10N2O2S2. The molecule has 0 radical (unpaired) electrons. The van der Waals surface area contributed by atoms with Crippen LogP contribution in [0.5, 0.6) is 0 Å². The predicted molar refractivity (Wildman–Crippen MR) is 52.3 cm³/mol. The second-order valence-electron chi connectivity index (χ2n) is 2.59. The van der Waals surface area contributed by atoms with Crippen LogP contribution in [0.15, 0.2) is 10.5 Å². The third kappa shape index (κ3) is 2.35. The first kappa shape index (κ1) is 10.3. The first-order chi connectivity index (χ1) is 5.95. The highest BCUT2D eigenvalue weighted by Gasteiger charge is 2.13. The fourth-order valence-electron chi connectivity index (χ4n) is 0.743. The third-order valence-electron chi connectivity index (χ3n) is 1.45. The zero-order chi connectivity index (χ0) is 10.1. The van der Waals surface area contributed by atoms with Gasteiger partial charge >= 0.3 is 0 Å². The Morgan fingerprint density at radius 1 is 1.69 bits per heavy atom. The number of hydrogen-bond acceptors (Lipinski definition) is 5. The van der Waals surface area contributed by atoms with Crippen LogP contribution < -0.4 is 0 Å². The number of sulfone groups is 1. The lowest BCUT2D eigenvalue weighted by Crippen LogP contribution is -1.94. The van der Waals surface area contributed by atoms with Gasteiger partial charge in [0, 0.05) is 18.2 Å². The van der Waals surface area contributed by atoms with Crippen LogP contribution in [0.3, 0.4) is 0 Å². The van der Waals surface area contributed by atoms with E-state index in [1.807, 2.05) is 6.92 Å². The van der Waals surface area contributed by atoms with E-state index in [0.717, 1.165) is 17.6 Å². The highest BCUT2D eigenvalue weighted by atomic mass is 32.2. The Hall–Kier alpha value is -0.750. The van der Waals surface area contributed by atoms with Crippen LogP contribution in [0, 0.1) is 5.41 Å². The summed E-state index contributed by atoms with van der Waals surface area (Å²) >= 11 is 1.05. The van der Waals surface area contributed by atoms with Gasteiger partial charge in [-0.2, -0.15) is 0 Å². The maximum Gasteiger partial charge on any atom is 0.209 e.